The quantitative estimate of drug-likeness (QED) is 0.723. The highest BCUT2D eigenvalue weighted by atomic mass is 16.1. The van der Waals surface area contributed by atoms with Crippen molar-refractivity contribution in [3.8, 4) is 0 Å². The van der Waals surface area contributed by atoms with E-state index in [2.05, 4.69) is 54.2 Å². The molecule has 0 spiro atoms. The van der Waals surface area contributed by atoms with E-state index in [9.17, 15) is 4.79 Å². The Bertz CT molecular complexity index is 1010. The molecule has 0 aliphatic carbocycles. The minimum atomic E-state index is -0.149. The van der Waals surface area contributed by atoms with Gasteiger partial charge >= 0.3 is 0 Å². The molecular formula is C22H28N6O. The molecule has 7 heteroatoms. The monoisotopic (exact) mass is 392 g/mol. The smallest absolute Gasteiger partial charge is 0.223 e. The summed E-state index contributed by atoms with van der Waals surface area (Å²) in [5.41, 5.74) is 2.31. The average Bonchev–Trinajstić information content (AvgIpc) is 3.02. The fourth-order valence-electron chi connectivity index (χ4n) is 3.78. The normalized spacial score (nSPS) is 15.9. The number of carbonyl (C=O) groups is 1. The second kappa shape index (κ2) is 8.29. The van der Waals surface area contributed by atoms with Crippen molar-refractivity contribution in [1.29, 1.82) is 0 Å². The van der Waals surface area contributed by atoms with Gasteiger partial charge in [-0.2, -0.15) is 0 Å². The van der Waals surface area contributed by atoms with Crippen LogP contribution in [0, 0.1) is 5.92 Å². The van der Waals surface area contributed by atoms with Crippen LogP contribution < -0.4 is 5.32 Å². The lowest BCUT2D eigenvalue weighted by atomic mass is 10.1. The zero-order chi connectivity index (χ0) is 20.4. The van der Waals surface area contributed by atoms with Gasteiger partial charge in [-0.1, -0.05) is 32.0 Å². The van der Waals surface area contributed by atoms with Gasteiger partial charge in [0.25, 0.3) is 0 Å². The molecular weight excluding hydrogens is 364 g/mol. The summed E-state index contributed by atoms with van der Waals surface area (Å²) in [5, 5.41) is 13.0. The Morgan fingerprint density at radius 3 is 2.83 bits per heavy atom. The van der Waals surface area contributed by atoms with E-state index in [1.54, 1.807) is 0 Å². The van der Waals surface area contributed by atoms with Crippen molar-refractivity contribution in [2.24, 2.45) is 5.92 Å². The zero-order valence-electron chi connectivity index (χ0n) is 17.3. The molecule has 1 aromatic carbocycles. The molecule has 152 valence electrons. The third kappa shape index (κ3) is 4.29. The van der Waals surface area contributed by atoms with Crippen molar-refractivity contribution in [3.63, 3.8) is 0 Å². The largest absolute Gasteiger partial charge is 0.346 e. The highest BCUT2D eigenvalue weighted by Crippen LogP contribution is 2.19. The molecule has 2 aromatic heterocycles. The number of benzene rings is 1. The van der Waals surface area contributed by atoms with E-state index in [4.69, 9.17) is 0 Å². The molecule has 29 heavy (non-hydrogen) atoms. The summed E-state index contributed by atoms with van der Waals surface area (Å²) in [7, 11) is 0. The van der Waals surface area contributed by atoms with Gasteiger partial charge in [0.05, 0.1) is 11.6 Å². The Morgan fingerprint density at radius 2 is 2.00 bits per heavy atom. The van der Waals surface area contributed by atoms with Crippen LogP contribution in [-0.4, -0.2) is 43.6 Å². The summed E-state index contributed by atoms with van der Waals surface area (Å²) in [5.74, 6) is 1.82. The molecule has 1 aliphatic rings. The number of nitrogens with one attached hydrogen (secondary N) is 1. The number of aromatic nitrogens is 4. The minimum absolute atomic E-state index is 0.0370. The third-order valence-electron chi connectivity index (χ3n) is 5.49. The molecule has 4 rings (SSSR count). The van der Waals surface area contributed by atoms with Crippen LogP contribution in [0.3, 0.4) is 0 Å². The van der Waals surface area contributed by atoms with Crippen LogP contribution in [0.15, 0.2) is 36.5 Å². The Balaban J connectivity index is 1.44. The molecule has 7 nitrogen and oxygen atoms in total. The highest BCUT2D eigenvalue weighted by Gasteiger charge is 2.23. The molecule has 3 aromatic rings. The number of hydrogen-bond acceptors (Lipinski definition) is 5. The summed E-state index contributed by atoms with van der Waals surface area (Å²) in [6, 6.07) is 10.4. The average molecular weight is 393 g/mol. The van der Waals surface area contributed by atoms with Gasteiger partial charge in [-0.25, -0.2) is 0 Å². The van der Waals surface area contributed by atoms with Gasteiger partial charge in [0.1, 0.15) is 5.82 Å². The molecule has 1 aliphatic heterocycles. The molecule has 1 unspecified atom stereocenters. The van der Waals surface area contributed by atoms with Crippen LogP contribution in [0.4, 0.5) is 0 Å². The van der Waals surface area contributed by atoms with Gasteiger partial charge in [-0.05, 0) is 24.6 Å². The van der Waals surface area contributed by atoms with Crippen LogP contribution in [0.1, 0.15) is 44.0 Å². The van der Waals surface area contributed by atoms with Crippen molar-refractivity contribution in [1.82, 2.24) is 30.0 Å². The van der Waals surface area contributed by atoms with Crippen molar-refractivity contribution in [2.45, 2.75) is 46.3 Å². The number of nitrogens with zero attached hydrogens (tertiary/aromatic N) is 5. The predicted molar refractivity (Wildman–Crippen MR) is 112 cm³/mol. The van der Waals surface area contributed by atoms with E-state index in [0.29, 0.717) is 0 Å². The minimum Gasteiger partial charge on any atom is -0.346 e. The molecule has 1 N–H and O–H groups in total. The maximum atomic E-state index is 12.1. The Labute approximate surface area is 171 Å². The first kappa shape index (κ1) is 19.5. The number of pyridine rings is 1. The van der Waals surface area contributed by atoms with E-state index in [-0.39, 0.29) is 17.9 Å². The summed E-state index contributed by atoms with van der Waals surface area (Å²) in [6.07, 6.45) is 2.69. The van der Waals surface area contributed by atoms with Crippen LogP contribution in [-0.2, 0) is 24.3 Å². The van der Waals surface area contributed by atoms with Gasteiger partial charge in [0.15, 0.2) is 5.82 Å². The van der Waals surface area contributed by atoms with E-state index in [1.165, 1.54) is 10.9 Å². The number of carbonyl (C=O) groups excluding carboxylic acids is 1. The third-order valence-corrected chi connectivity index (χ3v) is 5.49. The predicted octanol–water partition coefficient (Wildman–Crippen LogP) is 2.72. The molecule has 0 radical (unpaired) electrons. The summed E-state index contributed by atoms with van der Waals surface area (Å²) in [6.45, 7) is 9.33. The summed E-state index contributed by atoms with van der Waals surface area (Å²) < 4.78 is 2.17. The van der Waals surface area contributed by atoms with E-state index >= 15 is 0 Å². The Kier molecular flexibility index (Phi) is 5.58. The van der Waals surface area contributed by atoms with Gasteiger partial charge in [0.2, 0.25) is 5.91 Å². The van der Waals surface area contributed by atoms with Crippen LogP contribution in [0.5, 0.6) is 0 Å². The second-order valence-corrected chi connectivity index (χ2v) is 8.07. The maximum absolute atomic E-state index is 12.1. The van der Waals surface area contributed by atoms with E-state index < -0.39 is 0 Å². The molecule has 0 fully saturated rings. The first-order valence-corrected chi connectivity index (χ1v) is 10.3. The van der Waals surface area contributed by atoms with Crippen LogP contribution in [0.2, 0.25) is 0 Å². The lowest BCUT2D eigenvalue weighted by Crippen LogP contribution is -2.32. The Hall–Kier alpha value is -2.80. The van der Waals surface area contributed by atoms with E-state index in [0.717, 1.165) is 49.8 Å². The standard InChI is InChI=1S/C22H28N6O/c1-15(2)22(29)24-16(3)21-26-25-20-8-10-27(11-12-28(20)21)14-17-6-7-18-5-4-9-23-19(18)13-17/h4-7,9,13,15-16H,8,10-12,14H2,1-3H3,(H,24,29). The molecule has 0 saturated heterocycles. The molecule has 1 amide bonds. The van der Waals surface area contributed by atoms with E-state index in [1.807, 2.05) is 33.0 Å². The number of rotatable bonds is 5. The topological polar surface area (TPSA) is 75.9 Å². The zero-order valence-corrected chi connectivity index (χ0v) is 17.3. The van der Waals surface area contributed by atoms with Gasteiger partial charge in [-0.15, -0.1) is 10.2 Å². The van der Waals surface area contributed by atoms with Crippen LogP contribution >= 0.6 is 0 Å². The molecule has 3 heterocycles. The van der Waals surface area contributed by atoms with Gasteiger partial charge in [0, 0.05) is 50.1 Å². The van der Waals surface area contributed by atoms with Crippen molar-refractivity contribution < 1.29 is 4.79 Å². The van der Waals surface area contributed by atoms with Crippen molar-refractivity contribution >= 4 is 16.8 Å². The molecule has 0 bridgehead atoms. The summed E-state index contributed by atoms with van der Waals surface area (Å²) >= 11 is 0. The molecule has 1 atom stereocenters. The second-order valence-electron chi connectivity index (χ2n) is 8.07. The van der Waals surface area contributed by atoms with Crippen molar-refractivity contribution in [3.05, 3.63) is 53.7 Å². The number of fused-ring (bicyclic) bond motifs is 2. The lowest BCUT2D eigenvalue weighted by molar-refractivity contribution is -0.124. The fraction of sp³-hybridized carbons (Fsp3) is 0.455. The molecule has 0 saturated carbocycles. The first-order valence-electron chi connectivity index (χ1n) is 10.3. The first-order chi connectivity index (χ1) is 14.0. The van der Waals surface area contributed by atoms with Crippen molar-refractivity contribution in [2.75, 3.05) is 13.1 Å². The Morgan fingerprint density at radius 1 is 1.14 bits per heavy atom. The maximum Gasteiger partial charge on any atom is 0.223 e. The van der Waals surface area contributed by atoms with Gasteiger partial charge < -0.3 is 9.88 Å². The number of amides is 1. The number of hydrogen-bond donors (Lipinski definition) is 1. The fourth-order valence-corrected chi connectivity index (χ4v) is 3.78. The summed E-state index contributed by atoms with van der Waals surface area (Å²) in [4.78, 5) is 19.0. The lowest BCUT2D eigenvalue weighted by Gasteiger charge is -2.20. The SMILES string of the molecule is CC(C)C(=O)NC(C)c1nnc2n1CCN(Cc1ccc3cccnc3c1)CC2. The van der Waals surface area contributed by atoms with Crippen LogP contribution in [0.25, 0.3) is 10.9 Å². The van der Waals surface area contributed by atoms with Gasteiger partial charge in [-0.3, -0.25) is 14.7 Å². The highest BCUT2D eigenvalue weighted by molar-refractivity contribution is 5.79.